The summed E-state index contributed by atoms with van der Waals surface area (Å²) in [4.78, 5) is 43.7. The zero-order chi connectivity index (χ0) is 30.2. The van der Waals surface area contributed by atoms with Gasteiger partial charge in [-0.3, -0.25) is 9.59 Å². The van der Waals surface area contributed by atoms with Crippen LogP contribution in [0.15, 0.2) is 58.4 Å². The first-order chi connectivity index (χ1) is 19.2. The molecule has 0 radical (unpaired) electrons. The van der Waals surface area contributed by atoms with Gasteiger partial charge >= 0.3 is 12.1 Å². The molecule has 0 aliphatic heterocycles. The number of halogens is 1. The summed E-state index contributed by atoms with van der Waals surface area (Å²) in [6.45, 7) is 8.20. The Morgan fingerprint density at radius 1 is 1.00 bits per heavy atom. The zero-order valence-corrected chi connectivity index (χ0v) is 25.4. The van der Waals surface area contributed by atoms with E-state index in [4.69, 9.17) is 30.5 Å². The van der Waals surface area contributed by atoms with Crippen LogP contribution in [0.2, 0.25) is 5.02 Å². The first-order valence-electron chi connectivity index (χ1n) is 12.7. The SMILES string of the molecule is COc1cc(-c2nc(SCc3ccc(Cl)cc3)cc(=O)[nH]2)ccc1OCC(C)(C)OC(=O)CNC(=O)OC(C)(C)C. The topological polar surface area (TPSA) is 129 Å². The van der Waals surface area contributed by atoms with Crippen molar-refractivity contribution in [1.82, 2.24) is 15.3 Å². The third-order valence-electron chi connectivity index (χ3n) is 5.20. The molecule has 1 aromatic heterocycles. The summed E-state index contributed by atoms with van der Waals surface area (Å²) >= 11 is 7.39. The number of hydrogen-bond donors (Lipinski definition) is 2. The number of benzene rings is 2. The van der Waals surface area contributed by atoms with Gasteiger partial charge in [0.25, 0.3) is 5.56 Å². The number of ether oxygens (including phenoxy) is 4. The number of methoxy groups -OCH3 is 1. The molecule has 0 saturated heterocycles. The second-order valence-electron chi connectivity index (χ2n) is 10.6. The largest absolute Gasteiger partial charge is 0.493 e. The van der Waals surface area contributed by atoms with Crippen LogP contribution in [-0.2, 0) is 20.0 Å². The van der Waals surface area contributed by atoms with E-state index in [1.54, 1.807) is 52.8 Å². The highest BCUT2D eigenvalue weighted by Gasteiger charge is 2.26. The lowest BCUT2D eigenvalue weighted by molar-refractivity contribution is -0.157. The number of nitrogens with one attached hydrogen (secondary N) is 2. The van der Waals surface area contributed by atoms with Crippen LogP contribution in [0.1, 0.15) is 40.2 Å². The summed E-state index contributed by atoms with van der Waals surface area (Å²) in [6.07, 6.45) is -0.713. The number of carbonyl (C=O) groups is 2. The lowest BCUT2D eigenvalue weighted by atomic mass is 10.1. The van der Waals surface area contributed by atoms with Crippen molar-refractivity contribution >= 4 is 35.4 Å². The minimum Gasteiger partial charge on any atom is -0.493 e. The Labute approximate surface area is 248 Å². The Bertz CT molecular complexity index is 1420. The molecule has 0 atom stereocenters. The molecule has 3 aromatic rings. The van der Waals surface area contributed by atoms with Gasteiger partial charge in [-0.25, -0.2) is 9.78 Å². The van der Waals surface area contributed by atoms with E-state index in [1.165, 1.54) is 24.9 Å². The maximum Gasteiger partial charge on any atom is 0.408 e. The molecule has 0 bridgehead atoms. The first kappa shape index (κ1) is 31.8. The number of esters is 1. The van der Waals surface area contributed by atoms with E-state index in [0.29, 0.717) is 38.7 Å². The smallest absolute Gasteiger partial charge is 0.408 e. The number of H-pyrrole nitrogens is 1. The van der Waals surface area contributed by atoms with Gasteiger partial charge in [0.1, 0.15) is 35.2 Å². The molecular formula is C29H34ClN3O7S. The molecule has 1 amide bonds. The number of nitrogens with zero attached hydrogens (tertiary/aromatic N) is 1. The monoisotopic (exact) mass is 603 g/mol. The van der Waals surface area contributed by atoms with Crippen LogP contribution in [0.25, 0.3) is 11.4 Å². The highest BCUT2D eigenvalue weighted by molar-refractivity contribution is 7.98. The van der Waals surface area contributed by atoms with Crippen molar-refractivity contribution in [3.63, 3.8) is 0 Å². The van der Waals surface area contributed by atoms with Crippen LogP contribution in [0.4, 0.5) is 4.79 Å². The van der Waals surface area contributed by atoms with E-state index in [9.17, 15) is 14.4 Å². The van der Waals surface area contributed by atoms with Crippen LogP contribution >= 0.6 is 23.4 Å². The second kappa shape index (κ2) is 13.8. The molecule has 0 spiro atoms. The van der Waals surface area contributed by atoms with Crippen LogP contribution < -0.4 is 20.3 Å². The molecule has 2 N–H and O–H groups in total. The molecule has 1 heterocycles. The standard InChI is InChI=1S/C29H34ClN3O7S/c1-28(2,3)40-27(36)31-15-25(35)39-29(4,5)17-38-21-12-9-19(13-22(21)37-6)26-32-23(34)14-24(33-26)41-16-18-7-10-20(30)11-8-18/h7-14H,15-17H2,1-6H3,(H,31,36)(H,32,33,34). The summed E-state index contributed by atoms with van der Waals surface area (Å²) < 4.78 is 22.0. The predicted octanol–water partition coefficient (Wildman–Crippen LogP) is 5.62. The molecule has 220 valence electrons. The van der Waals surface area contributed by atoms with Crippen molar-refractivity contribution in [3.8, 4) is 22.9 Å². The number of carbonyl (C=O) groups excluding carboxylic acids is 2. The summed E-state index contributed by atoms with van der Waals surface area (Å²) in [6, 6.07) is 14.1. The van der Waals surface area contributed by atoms with E-state index in [1.807, 2.05) is 24.3 Å². The van der Waals surface area contributed by atoms with Crippen molar-refractivity contribution in [3.05, 3.63) is 69.5 Å². The van der Waals surface area contributed by atoms with E-state index >= 15 is 0 Å². The van der Waals surface area contributed by atoms with Gasteiger partial charge in [-0.2, -0.15) is 0 Å². The van der Waals surface area contributed by atoms with Crippen molar-refractivity contribution < 1.29 is 28.5 Å². The van der Waals surface area contributed by atoms with E-state index < -0.39 is 23.3 Å². The fourth-order valence-corrected chi connectivity index (χ4v) is 4.38. The molecule has 2 aromatic carbocycles. The Balaban J connectivity index is 1.62. The highest BCUT2D eigenvalue weighted by Crippen LogP contribution is 2.32. The van der Waals surface area contributed by atoms with Gasteiger partial charge in [0.2, 0.25) is 0 Å². The number of aromatic amines is 1. The predicted molar refractivity (Wildman–Crippen MR) is 158 cm³/mol. The Morgan fingerprint density at radius 2 is 1.71 bits per heavy atom. The minimum atomic E-state index is -1.02. The number of alkyl carbamates (subject to hydrolysis) is 1. The van der Waals surface area contributed by atoms with E-state index in [2.05, 4.69) is 15.3 Å². The third kappa shape index (κ3) is 10.7. The van der Waals surface area contributed by atoms with E-state index in [0.717, 1.165) is 5.56 Å². The highest BCUT2D eigenvalue weighted by atomic mass is 35.5. The van der Waals surface area contributed by atoms with Crippen molar-refractivity contribution in [2.45, 2.75) is 56.6 Å². The normalized spacial score (nSPS) is 11.5. The summed E-state index contributed by atoms with van der Waals surface area (Å²) in [7, 11) is 1.49. The number of thioether (sulfide) groups is 1. The number of amides is 1. The number of rotatable bonds is 11. The molecule has 0 fully saturated rings. The Morgan fingerprint density at radius 3 is 2.37 bits per heavy atom. The number of hydrogen-bond acceptors (Lipinski definition) is 9. The van der Waals surface area contributed by atoms with Gasteiger partial charge in [-0.15, -0.1) is 11.8 Å². The van der Waals surface area contributed by atoms with Gasteiger partial charge in [0.05, 0.1) is 7.11 Å². The van der Waals surface area contributed by atoms with Crippen LogP contribution in [-0.4, -0.2) is 53.5 Å². The van der Waals surface area contributed by atoms with Crippen molar-refractivity contribution in [1.29, 1.82) is 0 Å². The Hall–Kier alpha value is -3.70. The van der Waals surface area contributed by atoms with E-state index in [-0.39, 0.29) is 18.7 Å². The fraction of sp³-hybridized carbons (Fsp3) is 0.379. The zero-order valence-electron chi connectivity index (χ0n) is 23.8. The van der Waals surface area contributed by atoms with Gasteiger partial charge in [0.15, 0.2) is 11.5 Å². The maximum atomic E-state index is 12.4. The molecule has 0 saturated carbocycles. The fourth-order valence-electron chi connectivity index (χ4n) is 3.40. The maximum absolute atomic E-state index is 12.4. The summed E-state index contributed by atoms with van der Waals surface area (Å²) in [5.74, 6) is 1.17. The average molecular weight is 604 g/mol. The molecule has 0 aliphatic carbocycles. The minimum absolute atomic E-state index is 0.00674. The van der Waals surface area contributed by atoms with Gasteiger partial charge < -0.3 is 29.2 Å². The van der Waals surface area contributed by atoms with Gasteiger partial charge in [-0.1, -0.05) is 23.7 Å². The molecule has 0 unspecified atom stereocenters. The molecule has 12 heteroatoms. The lowest BCUT2D eigenvalue weighted by Gasteiger charge is -2.26. The van der Waals surface area contributed by atoms with Crippen molar-refractivity contribution in [2.24, 2.45) is 0 Å². The molecular weight excluding hydrogens is 570 g/mol. The van der Waals surface area contributed by atoms with Crippen LogP contribution in [0.3, 0.4) is 0 Å². The summed E-state index contributed by atoms with van der Waals surface area (Å²) in [5.41, 5.74) is -0.296. The first-order valence-corrected chi connectivity index (χ1v) is 14.1. The van der Waals surface area contributed by atoms with Gasteiger partial charge in [-0.05, 0) is 70.5 Å². The average Bonchev–Trinajstić information content (AvgIpc) is 2.89. The van der Waals surface area contributed by atoms with Crippen LogP contribution in [0.5, 0.6) is 11.5 Å². The van der Waals surface area contributed by atoms with Crippen molar-refractivity contribution in [2.75, 3.05) is 20.3 Å². The second-order valence-corrected chi connectivity index (χ2v) is 12.0. The molecule has 41 heavy (non-hydrogen) atoms. The molecule has 0 aliphatic rings. The molecule has 3 rings (SSSR count). The third-order valence-corrected chi connectivity index (χ3v) is 6.43. The summed E-state index contributed by atoms with van der Waals surface area (Å²) in [5, 5.41) is 3.60. The number of aromatic nitrogens is 2. The quantitative estimate of drug-likeness (QED) is 0.163. The van der Waals surface area contributed by atoms with Crippen LogP contribution in [0, 0.1) is 0 Å². The lowest BCUT2D eigenvalue weighted by Crippen LogP contribution is -2.40. The Kier molecular flexibility index (Phi) is 10.7. The molecule has 10 nitrogen and oxygen atoms in total. The van der Waals surface area contributed by atoms with Gasteiger partial charge in [0, 0.05) is 22.4 Å².